The zero-order valence-corrected chi connectivity index (χ0v) is 16.5. The highest BCUT2D eigenvalue weighted by molar-refractivity contribution is 6.33. The first-order valence-corrected chi connectivity index (χ1v) is 9.62. The number of fused-ring (bicyclic) bond motifs is 2. The standard InChI is InChI=1S/C21H14.C7H10/c1-13-11-12-19-17-9-3-6-14-5-2-8-16(20(14)17)18-10-4-7-15(13)21(18)19;1-4-6-7(3)5-2/h2-12H,1H3;4-6H,1-2H2,3H3/b;7-6-. The Hall–Kier alpha value is -3.38. The molecule has 0 aliphatic rings. The molecule has 5 aromatic carbocycles. The molecule has 136 valence electrons. The zero-order chi connectivity index (χ0) is 19.7. The van der Waals surface area contributed by atoms with Crippen molar-refractivity contribution in [1.82, 2.24) is 0 Å². The van der Waals surface area contributed by atoms with Gasteiger partial charge in [-0.2, -0.15) is 0 Å². The van der Waals surface area contributed by atoms with Crippen LogP contribution < -0.4 is 0 Å². The van der Waals surface area contributed by atoms with Crippen molar-refractivity contribution in [1.29, 1.82) is 0 Å². The second kappa shape index (κ2) is 7.32. The Morgan fingerprint density at radius 3 is 1.79 bits per heavy atom. The van der Waals surface area contributed by atoms with Crippen molar-refractivity contribution in [2.45, 2.75) is 13.8 Å². The van der Waals surface area contributed by atoms with Gasteiger partial charge in [0.2, 0.25) is 0 Å². The van der Waals surface area contributed by atoms with Gasteiger partial charge >= 0.3 is 0 Å². The molecule has 0 aliphatic heterocycles. The maximum atomic E-state index is 3.56. The summed E-state index contributed by atoms with van der Waals surface area (Å²) in [5.74, 6) is 0. The highest BCUT2D eigenvalue weighted by atomic mass is 14.2. The lowest BCUT2D eigenvalue weighted by Gasteiger charge is -2.15. The lowest BCUT2D eigenvalue weighted by Crippen LogP contribution is -1.87. The van der Waals surface area contributed by atoms with E-state index in [-0.39, 0.29) is 0 Å². The molecule has 5 rings (SSSR count). The molecule has 0 N–H and O–H groups in total. The van der Waals surface area contributed by atoms with Gasteiger partial charge in [-0.25, -0.2) is 0 Å². The smallest absolute Gasteiger partial charge is 0.00237 e. The number of allylic oxidation sites excluding steroid dienone is 4. The average molecular weight is 361 g/mol. The fraction of sp³-hybridized carbons (Fsp3) is 0.0714. The molecule has 28 heavy (non-hydrogen) atoms. The van der Waals surface area contributed by atoms with Crippen LogP contribution in [0.2, 0.25) is 0 Å². The van der Waals surface area contributed by atoms with E-state index < -0.39 is 0 Å². The van der Waals surface area contributed by atoms with E-state index in [1.54, 1.807) is 12.2 Å². The number of aryl methyl sites for hydroxylation is 1. The van der Waals surface area contributed by atoms with Crippen LogP contribution in [0.1, 0.15) is 12.5 Å². The van der Waals surface area contributed by atoms with Gasteiger partial charge in [-0.3, -0.25) is 0 Å². The Balaban J connectivity index is 0.000000239. The summed E-state index contributed by atoms with van der Waals surface area (Å²) in [6.45, 7) is 11.3. The van der Waals surface area contributed by atoms with Crippen molar-refractivity contribution >= 4 is 43.1 Å². The van der Waals surface area contributed by atoms with E-state index in [0.29, 0.717) is 0 Å². The minimum absolute atomic E-state index is 1.15. The lowest BCUT2D eigenvalue weighted by molar-refractivity contribution is 1.54. The third-order valence-corrected chi connectivity index (χ3v) is 5.45. The van der Waals surface area contributed by atoms with E-state index in [1.165, 1.54) is 48.7 Å². The summed E-state index contributed by atoms with van der Waals surface area (Å²) in [4.78, 5) is 0. The van der Waals surface area contributed by atoms with Crippen molar-refractivity contribution in [2.24, 2.45) is 0 Å². The van der Waals surface area contributed by atoms with Gasteiger partial charge in [0.05, 0.1) is 0 Å². The lowest BCUT2D eigenvalue weighted by atomic mass is 9.89. The molecule has 0 heteroatoms. The van der Waals surface area contributed by atoms with Crippen molar-refractivity contribution in [3.05, 3.63) is 109 Å². The van der Waals surface area contributed by atoms with Crippen LogP contribution in [0, 0.1) is 6.92 Å². The van der Waals surface area contributed by atoms with Gasteiger partial charge in [-0.15, -0.1) is 0 Å². The van der Waals surface area contributed by atoms with E-state index >= 15 is 0 Å². The second-order valence-corrected chi connectivity index (χ2v) is 7.22. The summed E-state index contributed by atoms with van der Waals surface area (Å²) in [5.41, 5.74) is 2.50. The van der Waals surface area contributed by atoms with E-state index in [0.717, 1.165) is 5.57 Å². The van der Waals surface area contributed by atoms with Crippen LogP contribution >= 0.6 is 0 Å². The first-order chi connectivity index (χ1) is 13.7. The van der Waals surface area contributed by atoms with Gasteiger partial charge in [0.25, 0.3) is 0 Å². The van der Waals surface area contributed by atoms with Gasteiger partial charge in [-0.05, 0) is 62.5 Å². The second-order valence-electron chi connectivity index (χ2n) is 7.22. The summed E-state index contributed by atoms with van der Waals surface area (Å²) in [6, 6.07) is 24.5. The van der Waals surface area contributed by atoms with Crippen molar-refractivity contribution < 1.29 is 0 Å². The normalized spacial score (nSPS) is 11.7. The van der Waals surface area contributed by atoms with Crippen molar-refractivity contribution in [3.8, 4) is 0 Å². The van der Waals surface area contributed by atoms with Crippen LogP contribution in [0.15, 0.2) is 104 Å². The Labute approximate surface area is 166 Å². The highest BCUT2D eigenvalue weighted by Gasteiger charge is 2.12. The fourth-order valence-corrected chi connectivity index (χ4v) is 4.05. The molecule has 5 aromatic rings. The molecule has 0 unspecified atom stereocenters. The molecule has 0 saturated heterocycles. The zero-order valence-electron chi connectivity index (χ0n) is 16.5. The van der Waals surface area contributed by atoms with E-state index in [9.17, 15) is 0 Å². The minimum Gasteiger partial charge on any atom is -0.0991 e. The van der Waals surface area contributed by atoms with Crippen LogP contribution in [0.25, 0.3) is 43.1 Å². The molecule has 0 fully saturated rings. The van der Waals surface area contributed by atoms with Crippen LogP contribution in [0.3, 0.4) is 0 Å². The Morgan fingerprint density at radius 2 is 1.21 bits per heavy atom. The Morgan fingerprint density at radius 1 is 0.679 bits per heavy atom. The van der Waals surface area contributed by atoms with E-state index in [2.05, 4.69) is 86.8 Å². The summed E-state index contributed by atoms with van der Waals surface area (Å²) in [6.07, 6.45) is 5.45. The van der Waals surface area contributed by atoms with Gasteiger partial charge in [0.15, 0.2) is 0 Å². The molecule has 0 spiro atoms. The predicted octanol–water partition coefficient (Wildman–Crippen LogP) is 8.35. The van der Waals surface area contributed by atoms with Crippen LogP contribution in [0.4, 0.5) is 0 Å². The summed E-state index contributed by atoms with van der Waals surface area (Å²) >= 11 is 0. The molecular weight excluding hydrogens is 336 g/mol. The van der Waals surface area contributed by atoms with Gasteiger partial charge in [0.1, 0.15) is 0 Å². The van der Waals surface area contributed by atoms with Crippen LogP contribution in [0.5, 0.6) is 0 Å². The van der Waals surface area contributed by atoms with E-state index in [4.69, 9.17) is 0 Å². The Kier molecular flexibility index (Phi) is 4.71. The molecule has 0 bridgehead atoms. The Bertz CT molecular complexity index is 1300. The number of rotatable bonds is 2. The quantitative estimate of drug-likeness (QED) is 0.168. The molecule has 0 aliphatic carbocycles. The number of benzene rings is 5. The summed E-state index contributed by atoms with van der Waals surface area (Å²) in [7, 11) is 0. The summed E-state index contributed by atoms with van der Waals surface area (Å²) < 4.78 is 0. The largest absolute Gasteiger partial charge is 0.0991 e. The maximum absolute atomic E-state index is 3.56. The minimum atomic E-state index is 1.15. The third kappa shape index (κ3) is 2.88. The molecule has 0 amide bonds. The molecule has 0 radical (unpaired) electrons. The van der Waals surface area contributed by atoms with Gasteiger partial charge in [0, 0.05) is 0 Å². The van der Waals surface area contributed by atoms with Gasteiger partial charge < -0.3 is 0 Å². The predicted molar refractivity (Wildman–Crippen MR) is 127 cm³/mol. The van der Waals surface area contributed by atoms with Crippen LogP contribution in [-0.2, 0) is 0 Å². The molecule has 0 aromatic heterocycles. The van der Waals surface area contributed by atoms with Crippen molar-refractivity contribution in [3.63, 3.8) is 0 Å². The fourth-order valence-electron chi connectivity index (χ4n) is 4.05. The highest BCUT2D eigenvalue weighted by Crippen LogP contribution is 2.40. The first kappa shape index (κ1) is 18.0. The molecule has 0 saturated carbocycles. The number of hydrogen-bond acceptors (Lipinski definition) is 0. The molecule has 0 heterocycles. The average Bonchev–Trinajstić information content (AvgIpc) is 2.73. The maximum Gasteiger partial charge on any atom is -0.00237 e. The van der Waals surface area contributed by atoms with Crippen LogP contribution in [-0.4, -0.2) is 0 Å². The first-order valence-electron chi connectivity index (χ1n) is 9.62. The van der Waals surface area contributed by atoms with Gasteiger partial charge in [-0.1, -0.05) is 104 Å². The summed E-state index contributed by atoms with van der Waals surface area (Å²) in [5, 5.41) is 11.0. The van der Waals surface area contributed by atoms with Crippen molar-refractivity contribution in [2.75, 3.05) is 0 Å². The molecule has 0 nitrogen and oxygen atoms in total. The van der Waals surface area contributed by atoms with E-state index in [1.807, 2.05) is 13.0 Å². The third-order valence-electron chi connectivity index (χ3n) is 5.45. The SMILES string of the molecule is C=C/C=C(/C)C=C.Cc1ccc2c3cccc4cccc(c5cccc1c52)c43. The number of hydrogen-bond donors (Lipinski definition) is 0. The molecule has 0 atom stereocenters. The topological polar surface area (TPSA) is 0 Å². The molecular formula is C28H24. The monoisotopic (exact) mass is 360 g/mol.